The van der Waals surface area contributed by atoms with Crippen LogP contribution in [0.1, 0.15) is 11.1 Å². The van der Waals surface area contributed by atoms with Gasteiger partial charge in [-0.25, -0.2) is 0 Å². The van der Waals surface area contributed by atoms with Gasteiger partial charge in [-0.2, -0.15) is 0 Å². The van der Waals surface area contributed by atoms with Gasteiger partial charge >= 0.3 is 148 Å². The van der Waals surface area contributed by atoms with Gasteiger partial charge in [0.2, 0.25) is 0 Å². The summed E-state index contributed by atoms with van der Waals surface area (Å²) in [7, 11) is 1.34. The Balaban J connectivity index is 1.91. The predicted octanol–water partition coefficient (Wildman–Crippen LogP) is 1.64. The third-order valence-electron chi connectivity index (χ3n) is 3.49. The van der Waals surface area contributed by atoms with Crippen molar-refractivity contribution in [3.05, 3.63) is 65.7 Å². The molecule has 0 aliphatic carbocycles. The first kappa shape index (κ1) is 18.2. The maximum absolute atomic E-state index is 12.2. The van der Waals surface area contributed by atoms with Gasteiger partial charge in [0, 0.05) is 0 Å². The molecule has 0 aliphatic heterocycles. The average molecular weight is 390 g/mol. The average Bonchev–Trinajstić information content (AvgIpc) is 2.61. The van der Waals surface area contributed by atoms with Crippen LogP contribution < -0.4 is 9.78 Å². The summed E-state index contributed by atoms with van der Waals surface area (Å²) in [4.78, 5) is 24.1. The first-order chi connectivity index (χ1) is 11.6. The molecule has 0 fully saturated rings. The molecule has 1 N–H and O–H groups in total. The van der Waals surface area contributed by atoms with Crippen molar-refractivity contribution in [2.24, 2.45) is 0 Å². The minimum absolute atomic E-state index is 0.0468. The van der Waals surface area contributed by atoms with Crippen LogP contribution in [-0.4, -0.2) is 40.0 Å². The van der Waals surface area contributed by atoms with E-state index in [1.54, 1.807) is 0 Å². The van der Waals surface area contributed by atoms with Crippen LogP contribution in [-0.2, 0) is 20.7 Å². The van der Waals surface area contributed by atoms with E-state index in [1.165, 1.54) is 17.1 Å². The van der Waals surface area contributed by atoms with Gasteiger partial charge in [0.15, 0.2) is 0 Å². The number of carbonyl (C=O) groups is 2. The third-order valence-corrected chi connectivity index (χ3v) is 5.62. The minimum atomic E-state index is -0.654. The molecule has 0 radical (unpaired) electrons. The summed E-state index contributed by atoms with van der Waals surface area (Å²) >= 11 is 0.0468. The van der Waals surface area contributed by atoms with E-state index < -0.39 is 12.0 Å². The number of ether oxygens (including phenoxy) is 1. The number of benzene rings is 2. The molecule has 0 aliphatic rings. The van der Waals surface area contributed by atoms with Crippen LogP contribution in [0.3, 0.4) is 0 Å². The number of carbonyl (C=O) groups excluding carboxylic acids is 2. The van der Waals surface area contributed by atoms with Gasteiger partial charge in [-0.3, -0.25) is 0 Å². The van der Waals surface area contributed by atoms with E-state index in [0.29, 0.717) is 11.7 Å². The SMILES string of the molecule is COC(=O)[C@H](Cc1ccccc1)NC(=O)C[Se]c1ccc(C)cc1. The van der Waals surface area contributed by atoms with Crippen molar-refractivity contribution in [3.8, 4) is 0 Å². The number of esters is 1. The zero-order chi connectivity index (χ0) is 17.4. The molecule has 0 heterocycles. The molecule has 0 aromatic heterocycles. The molecule has 0 unspecified atom stereocenters. The Bertz CT molecular complexity index is 671. The van der Waals surface area contributed by atoms with Crippen molar-refractivity contribution in [2.45, 2.75) is 24.7 Å². The number of nitrogens with one attached hydrogen (secondary N) is 1. The van der Waals surface area contributed by atoms with E-state index in [9.17, 15) is 9.59 Å². The normalized spacial score (nSPS) is 11.6. The molecule has 2 rings (SSSR count). The second kappa shape index (κ2) is 9.26. The molecule has 2 aromatic carbocycles. The molecule has 0 spiro atoms. The van der Waals surface area contributed by atoms with Gasteiger partial charge in [0.25, 0.3) is 0 Å². The summed E-state index contributed by atoms with van der Waals surface area (Å²) in [5, 5.41) is 3.20. The zero-order valence-electron chi connectivity index (χ0n) is 13.8. The molecular formula is C19H21NO3Se. The van der Waals surface area contributed by atoms with Gasteiger partial charge < -0.3 is 0 Å². The predicted molar refractivity (Wildman–Crippen MR) is 95.5 cm³/mol. The van der Waals surface area contributed by atoms with Crippen molar-refractivity contribution in [1.29, 1.82) is 0 Å². The summed E-state index contributed by atoms with van der Waals surface area (Å²) < 4.78 is 5.98. The number of rotatable bonds is 7. The summed E-state index contributed by atoms with van der Waals surface area (Å²) in [6.07, 6.45) is 0.427. The van der Waals surface area contributed by atoms with Gasteiger partial charge in [-0.1, -0.05) is 0 Å². The molecule has 4 nitrogen and oxygen atoms in total. The molecule has 0 saturated heterocycles. The maximum atomic E-state index is 12.2. The molecular weight excluding hydrogens is 369 g/mol. The van der Waals surface area contributed by atoms with Crippen molar-refractivity contribution >= 4 is 31.3 Å². The summed E-state index contributed by atoms with van der Waals surface area (Å²) in [5.74, 6) is -0.544. The quantitative estimate of drug-likeness (QED) is 0.578. The van der Waals surface area contributed by atoms with E-state index in [-0.39, 0.29) is 20.9 Å². The van der Waals surface area contributed by atoms with Gasteiger partial charge in [0.1, 0.15) is 0 Å². The van der Waals surface area contributed by atoms with E-state index in [0.717, 1.165) is 5.56 Å². The fourth-order valence-electron chi connectivity index (χ4n) is 2.20. The van der Waals surface area contributed by atoms with E-state index in [2.05, 4.69) is 5.32 Å². The molecule has 24 heavy (non-hydrogen) atoms. The summed E-state index contributed by atoms with van der Waals surface area (Å²) in [5.41, 5.74) is 2.19. The Morgan fingerprint density at radius 1 is 1.08 bits per heavy atom. The Kier molecular flexibility index (Phi) is 7.04. The van der Waals surface area contributed by atoms with Gasteiger partial charge in [0.05, 0.1) is 0 Å². The Hall–Kier alpha value is -2.10. The summed E-state index contributed by atoms with van der Waals surface area (Å²) in [6, 6.07) is 17.1. The zero-order valence-corrected chi connectivity index (χ0v) is 15.5. The summed E-state index contributed by atoms with van der Waals surface area (Å²) in [6.45, 7) is 2.04. The van der Waals surface area contributed by atoms with E-state index in [4.69, 9.17) is 4.74 Å². The number of hydrogen-bond acceptors (Lipinski definition) is 3. The first-order valence-electron chi connectivity index (χ1n) is 7.69. The number of amides is 1. The molecule has 0 bridgehead atoms. The first-order valence-corrected chi connectivity index (χ1v) is 9.76. The van der Waals surface area contributed by atoms with Crippen LogP contribution in [0.15, 0.2) is 54.6 Å². The van der Waals surface area contributed by atoms with Crippen LogP contribution >= 0.6 is 0 Å². The van der Waals surface area contributed by atoms with Crippen LogP contribution in [0, 0.1) is 6.92 Å². The molecule has 126 valence electrons. The van der Waals surface area contributed by atoms with Crippen LogP contribution in [0.4, 0.5) is 0 Å². The molecule has 0 saturated carbocycles. The van der Waals surface area contributed by atoms with Gasteiger partial charge in [-0.15, -0.1) is 0 Å². The van der Waals surface area contributed by atoms with E-state index in [1.807, 2.05) is 61.5 Å². The van der Waals surface area contributed by atoms with Gasteiger partial charge in [-0.05, 0) is 0 Å². The van der Waals surface area contributed by atoms with Crippen LogP contribution in [0.25, 0.3) is 0 Å². The third kappa shape index (κ3) is 5.84. The Labute approximate surface area is 148 Å². The Morgan fingerprint density at radius 3 is 2.38 bits per heavy atom. The van der Waals surface area contributed by atoms with Crippen molar-refractivity contribution in [3.63, 3.8) is 0 Å². The molecule has 1 amide bonds. The molecule has 5 heteroatoms. The molecule has 2 aromatic rings. The van der Waals surface area contributed by atoms with Crippen molar-refractivity contribution < 1.29 is 14.3 Å². The van der Waals surface area contributed by atoms with E-state index >= 15 is 0 Å². The number of methoxy groups -OCH3 is 1. The molecule has 1 atom stereocenters. The second-order valence-corrected chi connectivity index (χ2v) is 7.64. The fraction of sp³-hybridized carbons (Fsp3) is 0.263. The van der Waals surface area contributed by atoms with Crippen molar-refractivity contribution in [2.75, 3.05) is 7.11 Å². The van der Waals surface area contributed by atoms with Crippen molar-refractivity contribution in [1.82, 2.24) is 5.32 Å². The Morgan fingerprint density at radius 2 is 1.75 bits per heavy atom. The number of hydrogen-bond donors (Lipinski definition) is 1. The van der Waals surface area contributed by atoms with Crippen LogP contribution in [0.5, 0.6) is 0 Å². The second-order valence-electron chi connectivity index (χ2n) is 5.43. The fourth-order valence-corrected chi connectivity index (χ4v) is 3.69. The topological polar surface area (TPSA) is 55.4 Å². The monoisotopic (exact) mass is 391 g/mol. The standard InChI is InChI=1S/C19H21NO3Se/c1-14-8-10-16(11-9-14)24-13-18(21)20-17(19(22)23-2)12-15-6-4-3-5-7-15/h3-11,17H,12-13H2,1-2H3,(H,20,21)/t17-/m0/s1. The number of aryl methyl sites for hydroxylation is 1. The van der Waals surface area contributed by atoms with Crippen LogP contribution in [0.2, 0.25) is 5.32 Å².